The van der Waals surface area contributed by atoms with Crippen LogP contribution in [0, 0.1) is 0 Å². The zero-order valence-corrected chi connectivity index (χ0v) is 12.0. The maximum atomic E-state index is 11.1. The van der Waals surface area contributed by atoms with E-state index in [0.717, 1.165) is 31.7 Å². The van der Waals surface area contributed by atoms with Crippen LogP contribution in [0.25, 0.3) is 0 Å². The molecule has 1 N–H and O–H groups in total. The van der Waals surface area contributed by atoms with Gasteiger partial charge < -0.3 is 5.11 Å². The molecule has 0 saturated carbocycles. The van der Waals surface area contributed by atoms with Gasteiger partial charge in [0, 0.05) is 31.7 Å². The van der Waals surface area contributed by atoms with Gasteiger partial charge >= 0.3 is 5.97 Å². The molecule has 2 rings (SSSR count). The van der Waals surface area contributed by atoms with E-state index in [2.05, 4.69) is 30.7 Å². The summed E-state index contributed by atoms with van der Waals surface area (Å²) in [5, 5.41) is 11.0. The number of piperazine rings is 1. The van der Waals surface area contributed by atoms with Crippen molar-refractivity contribution in [1.82, 2.24) is 9.80 Å². The predicted molar refractivity (Wildman–Crippen MR) is 73.3 cm³/mol. The molecule has 5 heteroatoms. The van der Waals surface area contributed by atoms with Crippen molar-refractivity contribution in [3.8, 4) is 0 Å². The Morgan fingerprint density at radius 1 is 1.50 bits per heavy atom. The van der Waals surface area contributed by atoms with Crippen LogP contribution in [0.5, 0.6) is 0 Å². The lowest BCUT2D eigenvalue weighted by molar-refractivity contribution is 0.0358. The van der Waals surface area contributed by atoms with Crippen molar-refractivity contribution in [2.24, 2.45) is 0 Å². The molecule has 2 heterocycles. The third-order valence-corrected chi connectivity index (χ3v) is 4.68. The van der Waals surface area contributed by atoms with Crippen LogP contribution in [0.3, 0.4) is 0 Å². The first-order valence-corrected chi connectivity index (χ1v) is 7.01. The second-order valence-corrected chi connectivity index (χ2v) is 6.44. The molecule has 0 spiro atoms. The number of hydrogen-bond donors (Lipinski definition) is 1. The number of rotatable bonds is 3. The first-order valence-electron chi connectivity index (χ1n) is 6.13. The Hall–Kier alpha value is -0.910. The maximum Gasteiger partial charge on any atom is 0.346 e. The minimum atomic E-state index is -0.812. The minimum absolute atomic E-state index is 0.150. The fourth-order valence-electron chi connectivity index (χ4n) is 2.36. The predicted octanol–water partition coefficient (Wildman–Crippen LogP) is 1.97. The van der Waals surface area contributed by atoms with Gasteiger partial charge in [-0.2, -0.15) is 0 Å². The van der Waals surface area contributed by atoms with Crippen molar-refractivity contribution < 1.29 is 9.90 Å². The monoisotopic (exact) mass is 268 g/mol. The molecule has 0 bridgehead atoms. The maximum absolute atomic E-state index is 11.1. The molecule has 1 aliphatic heterocycles. The Labute approximate surface area is 112 Å². The normalized spacial score (nSPS) is 21.1. The van der Waals surface area contributed by atoms with E-state index in [1.807, 2.05) is 11.4 Å². The second-order valence-electron chi connectivity index (χ2n) is 5.52. The van der Waals surface area contributed by atoms with E-state index in [1.165, 1.54) is 11.3 Å². The van der Waals surface area contributed by atoms with Crippen molar-refractivity contribution in [3.63, 3.8) is 0 Å². The fraction of sp³-hybridized carbons (Fsp3) is 0.615. The van der Waals surface area contributed by atoms with Gasteiger partial charge in [0.05, 0.1) is 0 Å². The van der Waals surface area contributed by atoms with Gasteiger partial charge in [0.1, 0.15) is 4.88 Å². The number of nitrogens with zero attached hydrogens (tertiary/aromatic N) is 2. The summed E-state index contributed by atoms with van der Waals surface area (Å²) in [4.78, 5) is 16.3. The van der Waals surface area contributed by atoms with Gasteiger partial charge in [-0.3, -0.25) is 9.80 Å². The van der Waals surface area contributed by atoms with Gasteiger partial charge in [-0.1, -0.05) is 0 Å². The highest BCUT2D eigenvalue weighted by molar-refractivity contribution is 7.12. The van der Waals surface area contributed by atoms with Crippen LogP contribution in [0.1, 0.15) is 29.1 Å². The van der Waals surface area contributed by atoms with E-state index >= 15 is 0 Å². The van der Waals surface area contributed by atoms with Crippen molar-refractivity contribution in [2.75, 3.05) is 26.7 Å². The molecule has 0 amide bonds. The molecule has 1 fully saturated rings. The molecule has 0 atom stereocenters. The molecule has 4 nitrogen and oxygen atoms in total. The lowest BCUT2D eigenvalue weighted by Crippen LogP contribution is -2.57. The van der Waals surface area contributed by atoms with Crippen molar-refractivity contribution in [3.05, 3.63) is 21.9 Å². The van der Waals surface area contributed by atoms with Gasteiger partial charge in [-0.25, -0.2) is 4.79 Å². The van der Waals surface area contributed by atoms with Crippen LogP contribution in [-0.2, 0) is 6.54 Å². The summed E-state index contributed by atoms with van der Waals surface area (Å²) < 4.78 is 0. The summed E-state index contributed by atoms with van der Waals surface area (Å²) in [6.45, 7) is 8.19. The number of aromatic carboxylic acids is 1. The zero-order chi connectivity index (χ0) is 13.3. The highest BCUT2D eigenvalue weighted by atomic mass is 32.1. The highest BCUT2D eigenvalue weighted by Crippen LogP contribution is 2.23. The summed E-state index contributed by atoms with van der Waals surface area (Å²) in [6, 6.07) is 1.93. The van der Waals surface area contributed by atoms with Crippen molar-refractivity contribution >= 4 is 17.3 Å². The van der Waals surface area contributed by atoms with E-state index in [-0.39, 0.29) is 5.54 Å². The average Bonchev–Trinajstić information content (AvgIpc) is 2.71. The molecular weight excluding hydrogens is 248 g/mol. The number of carboxylic acids is 1. The molecule has 0 aliphatic carbocycles. The van der Waals surface area contributed by atoms with Crippen LogP contribution < -0.4 is 0 Å². The molecule has 18 heavy (non-hydrogen) atoms. The van der Waals surface area contributed by atoms with Crippen molar-refractivity contribution in [2.45, 2.75) is 25.9 Å². The number of likely N-dealkylation sites (N-methyl/N-ethyl adjacent to an activating group) is 1. The first-order chi connectivity index (χ1) is 8.40. The van der Waals surface area contributed by atoms with E-state index in [9.17, 15) is 4.79 Å². The summed E-state index contributed by atoms with van der Waals surface area (Å²) in [5.41, 5.74) is 1.09. The minimum Gasteiger partial charge on any atom is -0.477 e. The third-order valence-electron chi connectivity index (χ3n) is 3.73. The number of thiophene rings is 1. The Bertz CT molecular complexity index is 442. The molecule has 0 aromatic carbocycles. The third kappa shape index (κ3) is 2.74. The van der Waals surface area contributed by atoms with Gasteiger partial charge in [0.15, 0.2) is 0 Å². The number of carboxylic acid groups (broad SMARTS) is 1. The van der Waals surface area contributed by atoms with Crippen LogP contribution in [0.15, 0.2) is 11.4 Å². The Balaban J connectivity index is 2.06. The molecular formula is C13H20N2O2S. The Morgan fingerprint density at radius 2 is 2.22 bits per heavy atom. The van der Waals surface area contributed by atoms with Gasteiger partial charge in [-0.05, 0) is 37.9 Å². The molecule has 1 aromatic rings. The quantitative estimate of drug-likeness (QED) is 0.910. The number of carbonyl (C=O) groups is 1. The molecule has 0 unspecified atom stereocenters. The first kappa shape index (κ1) is 13.5. The van der Waals surface area contributed by atoms with Gasteiger partial charge in [0.2, 0.25) is 0 Å². The molecule has 100 valence electrons. The van der Waals surface area contributed by atoms with E-state index in [4.69, 9.17) is 5.11 Å². The lowest BCUT2D eigenvalue weighted by Gasteiger charge is -2.45. The zero-order valence-electron chi connectivity index (χ0n) is 11.1. The van der Waals surface area contributed by atoms with E-state index in [0.29, 0.717) is 4.88 Å². The molecule has 1 aromatic heterocycles. The van der Waals surface area contributed by atoms with Crippen LogP contribution >= 0.6 is 11.3 Å². The summed E-state index contributed by atoms with van der Waals surface area (Å²) in [6.07, 6.45) is 0. The van der Waals surface area contributed by atoms with E-state index < -0.39 is 5.97 Å². The van der Waals surface area contributed by atoms with Gasteiger partial charge in [-0.15, -0.1) is 11.3 Å². The van der Waals surface area contributed by atoms with Crippen molar-refractivity contribution in [1.29, 1.82) is 0 Å². The Kier molecular flexibility index (Phi) is 3.75. The summed E-state index contributed by atoms with van der Waals surface area (Å²) in [7, 11) is 2.14. The standard InChI is InChI=1S/C13H20N2O2S/c1-13(2)9-15(6-5-14(13)3)8-10-4-7-18-11(10)12(16)17/h4,7H,5-6,8-9H2,1-3H3,(H,16,17). The number of hydrogen-bond acceptors (Lipinski definition) is 4. The highest BCUT2D eigenvalue weighted by Gasteiger charge is 2.31. The largest absolute Gasteiger partial charge is 0.477 e. The van der Waals surface area contributed by atoms with Gasteiger partial charge in [0.25, 0.3) is 0 Å². The fourth-order valence-corrected chi connectivity index (χ4v) is 3.12. The SMILES string of the molecule is CN1CCN(Cc2ccsc2C(=O)O)CC1(C)C. The van der Waals surface area contributed by atoms with Crippen LogP contribution in [-0.4, -0.2) is 53.1 Å². The topological polar surface area (TPSA) is 43.8 Å². The molecule has 1 saturated heterocycles. The van der Waals surface area contributed by atoms with Crippen LogP contribution in [0.2, 0.25) is 0 Å². The van der Waals surface area contributed by atoms with Crippen LogP contribution in [0.4, 0.5) is 0 Å². The lowest BCUT2D eigenvalue weighted by atomic mass is 9.99. The average molecular weight is 268 g/mol. The summed E-state index contributed by atoms with van der Waals surface area (Å²) in [5.74, 6) is -0.812. The molecule has 0 radical (unpaired) electrons. The smallest absolute Gasteiger partial charge is 0.346 e. The Morgan fingerprint density at radius 3 is 2.83 bits per heavy atom. The summed E-state index contributed by atoms with van der Waals surface area (Å²) >= 11 is 1.31. The molecule has 1 aliphatic rings. The second kappa shape index (κ2) is 4.99. The van der Waals surface area contributed by atoms with E-state index in [1.54, 1.807) is 0 Å².